The first kappa shape index (κ1) is 7.45. The van der Waals surface area contributed by atoms with Crippen molar-refractivity contribution >= 4 is 0 Å². The second-order valence-corrected chi connectivity index (χ2v) is 2.50. The molecule has 0 fully saturated rings. The van der Waals surface area contributed by atoms with E-state index in [0.29, 0.717) is 5.57 Å². The summed E-state index contributed by atoms with van der Waals surface area (Å²) >= 11 is 0. The summed E-state index contributed by atoms with van der Waals surface area (Å²) in [4.78, 5) is 0. The second-order valence-electron chi connectivity index (χ2n) is 2.50. The predicted octanol–water partition coefficient (Wildman–Crippen LogP) is 2.57. The van der Waals surface area contributed by atoms with Crippen molar-refractivity contribution in [2.24, 2.45) is 0 Å². The summed E-state index contributed by atoms with van der Waals surface area (Å²) < 4.78 is 24.6. The van der Waals surface area contributed by atoms with Crippen LogP contribution < -0.4 is 0 Å². The van der Waals surface area contributed by atoms with Gasteiger partial charge in [0.25, 0.3) is 0 Å². The number of allylic oxidation sites excluding steroid dienone is 4. The topological polar surface area (TPSA) is 0 Å². The summed E-state index contributed by atoms with van der Waals surface area (Å²) in [5.74, 6) is 0. The van der Waals surface area contributed by atoms with Gasteiger partial charge in [0.1, 0.15) is 12.8 Å². The van der Waals surface area contributed by atoms with E-state index >= 15 is 0 Å². The Morgan fingerprint density at radius 1 is 1.70 bits per heavy atom. The van der Waals surface area contributed by atoms with Crippen LogP contribution in [0.3, 0.4) is 0 Å². The number of hydrogen-bond donors (Lipinski definition) is 0. The molecule has 1 aliphatic rings. The van der Waals surface area contributed by atoms with Gasteiger partial charge in [-0.05, 0) is 18.1 Å². The maximum Gasteiger partial charge on any atom is 0.122 e. The van der Waals surface area contributed by atoms with E-state index in [-0.39, 0.29) is 6.42 Å². The van der Waals surface area contributed by atoms with Crippen molar-refractivity contribution in [3.8, 4) is 0 Å². The molecule has 0 N–H and O–H groups in total. The molecule has 0 aliphatic heterocycles. The Balaban J connectivity index is 2.74. The monoisotopic (exact) mass is 144 g/mol. The van der Waals surface area contributed by atoms with Gasteiger partial charge in [0, 0.05) is 6.42 Å². The molecule has 0 nitrogen and oxygen atoms in total. The molecule has 0 aromatic rings. The van der Waals surface area contributed by atoms with Crippen molar-refractivity contribution in [1.29, 1.82) is 0 Å². The van der Waals surface area contributed by atoms with Crippen LogP contribution in [0.15, 0.2) is 23.3 Å². The summed E-state index contributed by atoms with van der Waals surface area (Å²) in [6.07, 6.45) is 2.37. The minimum atomic E-state index is -0.977. The zero-order valence-electron chi connectivity index (χ0n) is 5.90. The van der Waals surface area contributed by atoms with E-state index in [9.17, 15) is 8.78 Å². The van der Waals surface area contributed by atoms with Crippen LogP contribution >= 0.6 is 0 Å². The van der Waals surface area contributed by atoms with Crippen molar-refractivity contribution < 1.29 is 8.78 Å². The van der Waals surface area contributed by atoms with Crippen molar-refractivity contribution in [2.45, 2.75) is 19.5 Å². The molecule has 0 radical (unpaired) electrons. The SMILES string of the molecule is CC1=C(CF)CC(F)C=C1. The Hall–Kier alpha value is -0.660. The third kappa shape index (κ3) is 1.43. The van der Waals surface area contributed by atoms with Gasteiger partial charge in [-0.25, -0.2) is 8.78 Å². The van der Waals surface area contributed by atoms with Gasteiger partial charge in [-0.1, -0.05) is 12.2 Å². The smallest absolute Gasteiger partial charge is 0.122 e. The predicted molar refractivity (Wildman–Crippen MR) is 37.3 cm³/mol. The van der Waals surface area contributed by atoms with E-state index in [4.69, 9.17) is 0 Å². The molecule has 0 heterocycles. The summed E-state index contributed by atoms with van der Waals surface area (Å²) in [6, 6.07) is 0. The standard InChI is InChI=1S/C8H10F2/c1-6-2-3-8(10)4-7(6)5-9/h2-3,8H,4-5H2,1H3. The van der Waals surface area contributed by atoms with Gasteiger partial charge >= 0.3 is 0 Å². The number of alkyl halides is 2. The van der Waals surface area contributed by atoms with Gasteiger partial charge in [-0.2, -0.15) is 0 Å². The average molecular weight is 144 g/mol. The van der Waals surface area contributed by atoms with Gasteiger partial charge in [0.15, 0.2) is 0 Å². The van der Waals surface area contributed by atoms with E-state index in [2.05, 4.69) is 0 Å². The number of halogens is 2. The van der Waals surface area contributed by atoms with Crippen LogP contribution in [0.25, 0.3) is 0 Å². The Kier molecular flexibility index (Phi) is 2.20. The number of rotatable bonds is 1. The molecule has 0 saturated carbocycles. The first-order valence-electron chi connectivity index (χ1n) is 3.31. The lowest BCUT2D eigenvalue weighted by atomic mass is 9.99. The molecule has 1 unspecified atom stereocenters. The second kappa shape index (κ2) is 2.95. The zero-order chi connectivity index (χ0) is 7.56. The molecular formula is C8H10F2. The molecule has 0 saturated heterocycles. The van der Waals surface area contributed by atoms with Crippen LogP contribution in [-0.4, -0.2) is 12.8 Å². The highest BCUT2D eigenvalue weighted by molar-refractivity contribution is 5.29. The first-order valence-corrected chi connectivity index (χ1v) is 3.31. The molecule has 1 atom stereocenters. The quantitative estimate of drug-likeness (QED) is 0.530. The summed E-state index contributed by atoms with van der Waals surface area (Å²) in [7, 11) is 0. The highest BCUT2D eigenvalue weighted by atomic mass is 19.1. The third-order valence-corrected chi connectivity index (χ3v) is 1.72. The maximum absolute atomic E-state index is 12.5. The van der Waals surface area contributed by atoms with Gasteiger partial charge < -0.3 is 0 Å². The van der Waals surface area contributed by atoms with Crippen LogP contribution in [0, 0.1) is 0 Å². The van der Waals surface area contributed by atoms with Gasteiger partial charge in [0.05, 0.1) is 0 Å². The first-order chi connectivity index (χ1) is 4.74. The molecule has 0 aromatic carbocycles. The molecule has 2 heteroatoms. The summed E-state index contributed by atoms with van der Waals surface area (Å²) in [5, 5.41) is 0. The Bertz CT molecular complexity index is 180. The molecule has 1 aliphatic carbocycles. The summed E-state index contributed by atoms with van der Waals surface area (Å²) in [6.45, 7) is 1.29. The fourth-order valence-corrected chi connectivity index (χ4v) is 0.991. The highest BCUT2D eigenvalue weighted by Gasteiger charge is 2.12. The van der Waals surface area contributed by atoms with Crippen LogP contribution in [-0.2, 0) is 0 Å². The maximum atomic E-state index is 12.5. The zero-order valence-corrected chi connectivity index (χ0v) is 5.90. The van der Waals surface area contributed by atoms with Crippen LogP contribution in [0.1, 0.15) is 13.3 Å². The molecule has 0 amide bonds. The average Bonchev–Trinajstić information content (AvgIpc) is 1.94. The van der Waals surface area contributed by atoms with E-state index < -0.39 is 12.8 Å². The third-order valence-electron chi connectivity index (χ3n) is 1.72. The van der Waals surface area contributed by atoms with Crippen LogP contribution in [0.5, 0.6) is 0 Å². The Labute approximate surface area is 59.2 Å². The van der Waals surface area contributed by atoms with Crippen molar-refractivity contribution in [3.63, 3.8) is 0 Å². The minimum absolute atomic E-state index is 0.235. The molecule has 0 spiro atoms. The number of hydrogen-bond acceptors (Lipinski definition) is 0. The largest absolute Gasteiger partial charge is 0.246 e. The fraction of sp³-hybridized carbons (Fsp3) is 0.500. The lowest BCUT2D eigenvalue weighted by Crippen LogP contribution is -2.05. The Morgan fingerprint density at radius 2 is 2.40 bits per heavy atom. The van der Waals surface area contributed by atoms with Crippen molar-refractivity contribution in [2.75, 3.05) is 6.67 Å². The Morgan fingerprint density at radius 3 is 2.90 bits per heavy atom. The lowest BCUT2D eigenvalue weighted by Gasteiger charge is -2.12. The van der Waals surface area contributed by atoms with Gasteiger partial charge in [-0.15, -0.1) is 0 Å². The van der Waals surface area contributed by atoms with Gasteiger partial charge in [0.2, 0.25) is 0 Å². The van der Waals surface area contributed by atoms with Crippen LogP contribution in [0.4, 0.5) is 8.78 Å². The molecule has 0 aromatic heterocycles. The summed E-state index contributed by atoms with van der Waals surface area (Å²) in [5.41, 5.74) is 1.46. The van der Waals surface area contributed by atoms with Crippen LogP contribution in [0.2, 0.25) is 0 Å². The molecule has 10 heavy (non-hydrogen) atoms. The van der Waals surface area contributed by atoms with E-state index in [1.807, 2.05) is 0 Å². The molecule has 0 bridgehead atoms. The fourth-order valence-electron chi connectivity index (χ4n) is 0.991. The van der Waals surface area contributed by atoms with Crippen molar-refractivity contribution in [3.05, 3.63) is 23.3 Å². The molecule has 56 valence electrons. The lowest BCUT2D eigenvalue weighted by molar-refractivity contribution is 0.380. The van der Waals surface area contributed by atoms with E-state index in [1.54, 1.807) is 13.0 Å². The minimum Gasteiger partial charge on any atom is -0.246 e. The van der Waals surface area contributed by atoms with Gasteiger partial charge in [-0.3, -0.25) is 0 Å². The normalized spacial score (nSPS) is 25.7. The highest BCUT2D eigenvalue weighted by Crippen LogP contribution is 2.20. The van der Waals surface area contributed by atoms with E-state index in [0.717, 1.165) is 5.57 Å². The van der Waals surface area contributed by atoms with E-state index in [1.165, 1.54) is 6.08 Å². The molecule has 1 rings (SSSR count). The van der Waals surface area contributed by atoms with Crippen molar-refractivity contribution in [1.82, 2.24) is 0 Å². The molecular weight excluding hydrogens is 134 g/mol.